The van der Waals surface area contributed by atoms with Crippen LogP contribution in [0.5, 0.6) is 0 Å². The van der Waals surface area contributed by atoms with E-state index in [-0.39, 0.29) is 5.78 Å². The fourth-order valence-corrected chi connectivity index (χ4v) is 2.77. The molecular weight excluding hydrogens is 236 g/mol. The molecule has 1 saturated heterocycles. The van der Waals surface area contributed by atoms with Gasteiger partial charge in [0.25, 0.3) is 0 Å². The quantitative estimate of drug-likeness (QED) is 0.655. The molecule has 1 aliphatic heterocycles. The zero-order chi connectivity index (χ0) is 14.2. The van der Waals surface area contributed by atoms with Crippen LogP contribution in [0, 0.1) is 11.3 Å². The van der Waals surface area contributed by atoms with Crippen molar-refractivity contribution in [1.29, 1.82) is 0 Å². The molecule has 0 aliphatic carbocycles. The van der Waals surface area contributed by atoms with Crippen LogP contribution in [0.25, 0.3) is 0 Å². The maximum absolute atomic E-state index is 11.4. The van der Waals surface area contributed by atoms with E-state index in [1.165, 1.54) is 6.42 Å². The molecular formula is C16H24N2O. The summed E-state index contributed by atoms with van der Waals surface area (Å²) >= 11 is 0. The fourth-order valence-electron chi connectivity index (χ4n) is 2.77. The minimum Gasteiger partial charge on any atom is -0.398 e. The van der Waals surface area contributed by atoms with E-state index < -0.39 is 0 Å². The average molecular weight is 260 g/mol. The smallest absolute Gasteiger partial charge is 0.161 e. The van der Waals surface area contributed by atoms with E-state index in [0.29, 0.717) is 22.6 Å². The van der Waals surface area contributed by atoms with Gasteiger partial charge in [0.1, 0.15) is 0 Å². The number of carbonyl (C=O) groups excluding carboxylic acids is 1. The largest absolute Gasteiger partial charge is 0.398 e. The summed E-state index contributed by atoms with van der Waals surface area (Å²) in [7, 11) is 0. The van der Waals surface area contributed by atoms with Crippen LogP contribution in [-0.4, -0.2) is 18.9 Å². The third-order valence-electron chi connectivity index (χ3n) is 4.19. The van der Waals surface area contributed by atoms with Crippen molar-refractivity contribution in [3.05, 3.63) is 23.8 Å². The molecule has 0 spiro atoms. The number of anilines is 2. The molecule has 1 aromatic rings. The maximum Gasteiger partial charge on any atom is 0.161 e. The van der Waals surface area contributed by atoms with E-state index in [9.17, 15) is 4.79 Å². The third kappa shape index (κ3) is 2.91. The number of carbonyl (C=O) groups is 1. The lowest BCUT2D eigenvalue weighted by molar-refractivity contribution is 0.101. The van der Waals surface area contributed by atoms with E-state index in [0.717, 1.165) is 18.8 Å². The van der Waals surface area contributed by atoms with Gasteiger partial charge in [-0.15, -0.1) is 0 Å². The monoisotopic (exact) mass is 260 g/mol. The Morgan fingerprint density at radius 2 is 2.05 bits per heavy atom. The van der Waals surface area contributed by atoms with Gasteiger partial charge in [-0.2, -0.15) is 0 Å². The van der Waals surface area contributed by atoms with Crippen LogP contribution in [0.2, 0.25) is 0 Å². The Bertz CT molecular complexity index is 488. The number of rotatable bonds is 2. The lowest BCUT2D eigenvalue weighted by atomic mass is 9.80. The number of nitrogen functional groups attached to an aromatic ring is 1. The molecule has 1 heterocycles. The van der Waals surface area contributed by atoms with Crippen LogP contribution in [-0.2, 0) is 0 Å². The molecule has 3 heteroatoms. The number of Topliss-reactive ketones (excluding diaryl/α,β-unsaturated/α-hetero) is 1. The Hall–Kier alpha value is -1.51. The lowest BCUT2D eigenvalue weighted by Gasteiger charge is -2.27. The van der Waals surface area contributed by atoms with Gasteiger partial charge in [-0.25, -0.2) is 0 Å². The molecule has 104 valence electrons. The molecule has 1 aromatic carbocycles. The van der Waals surface area contributed by atoms with E-state index >= 15 is 0 Å². The van der Waals surface area contributed by atoms with Crippen LogP contribution in [0.15, 0.2) is 18.2 Å². The number of hydrogen-bond donors (Lipinski definition) is 1. The molecule has 0 bridgehead atoms. The summed E-state index contributed by atoms with van der Waals surface area (Å²) < 4.78 is 0. The zero-order valence-electron chi connectivity index (χ0n) is 12.4. The van der Waals surface area contributed by atoms with Crippen molar-refractivity contribution in [3.63, 3.8) is 0 Å². The Morgan fingerprint density at radius 3 is 2.53 bits per heavy atom. The van der Waals surface area contributed by atoms with Gasteiger partial charge < -0.3 is 10.6 Å². The van der Waals surface area contributed by atoms with E-state index in [1.807, 2.05) is 18.2 Å². The van der Waals surface area contributed by atoms with Crippen LogP contribution >= 0.6 is 0 Å². The molecule has 0 aromatic heterocycles. The summed E-state index contributed by atoms with van der Waals surface area (Å²) in [5.41, 5.74) is 8.65. The second-order valence-electron chi connectivity index (χ2n) is 6.63. The zero-order valence-corrected chi connectivity index (χ0v) is 12.4. The minimum atomic E-state index is 0.0260. The summed E-state index contributed by atoms with van der Waals surface area (Å²) in [5.74, 6) is 0.735. The first-order valence-electron chi connectivity index (χ1n) is 6.94. The van der Waals surface area contributed by atoms with Gasteiger partial charge >= 0.3 is 0 Å². The molecule has 2 rings (SSSR count). The highest BCUT2D eigenvalue weighted by atomic mass is 16.1. The number of ketones is 1. The lowest BCUT2D eigenvalue weighted by Crippen LogP contribution is -2.25. The van der Waals surface area contributed by atoms with Crippen molar-refractivity contribution < 1.29 is 4.79 Å². The van der Waals surface area contributed by atoms with Crippen LogP contribution in [0.1, 0.15) is 44.5 Å². The predicted molar refractivity (Wildman–Crippen MR) is 80.6 cm³/mol. The topological polar surface area (TPSA) is 46.3 Å². The molecule has 1 unspecified atom stereocenters. The van der Waals surface area contributed by atoms with Gasteiger partial charge in [-0.1, -0.05) is 20.8 Å². The van der Waals surface area contributed by atoms with Gasteiger partial charge in [0.15, 0.2) is 5.78 Å². The first-order valence-corrected chi connectivity index (χ1v) is 6.94. The maximum atomic E-state index is 11.4. The van der Waals surface area contributed by atoms with Crippen molar-refractivity contribution in [2.45, 2.75) is 34.1 Å². The highest BCUT2D eigenvalue weighted by molar-refractivity contribution is 5.99. The standard InChI is InChI=1S/C16H24N2O/c1-11(19)14-6-5-13(9-15(14)17)18-8-7-12(10-18)16(2,3)4/h5-6,9,12H,7-8,10,17H2,1-4H3. The Labute approximate surface area is 115 Å². The van der Waals surface area contributed by atoms with Crippen molar-refractivity contribution >= 4 is 17.2 Å². The molecule has 0 radical (unpaired) electrons. The summed E-state index contributed by atoms with van der Waals surface area (Å²) in [6.45, 7) is 10.6. The molecule has 19 heavy (non-hydrogen) atoms. The second kappa shape index (κ2) is 4.87. The Morgan fingerprint density at radius 1 is 1.37 bits per heavy atom. The Kier molecular flexibility index (Phi) is 3.57. The van der Waals surface area contributed by atoms with E-state index in [1.54, 1.807) is 6.92 Å². The SMILES string of the molecule is CC(=O)c1ccc(N2CCC(C(C)(C)C)C2)cc1N. The normalized spacial score (nSPS) is 19.8. The van der Waals surface area contributed by atoms with Gasteiger partial charge in [0, 0.05) is 30.0 Å². The summed E-state index contributed by atoms with van der Waals surface area (Å²) in [6, 6.07) is 5.79. The summed E-state index contributed by atoms with van der Waals surface area (Å²) in [4.78, 5) is 13.8. The van der Waals surface area contributed by atoms with Gasteiger partial charge in [0.05, 0.1) is 0 Å². The van der Waals surface area contributed by atoms with Gasteiger partial charge in [0.2, 0.25) is 0 Å². The first-order chi connectivity index (χ1) is 8.79. The number of benzene rings is 1. The average Bonchev–Trinajstić information content (AvgIpc) is 2.76. The van der Waals surface area contributed by atoms with Gasteiger partial charge in [-0.3, -0.25) is 4.79 Å². The van der Waals surface area contributed by atoms with E-state index in [2.05, 4.69) is 25.7 Å². The van der Waals surface area contributed by atoms with Crippen LogP contribution < -0.4 is 10.6 Å². The fraction of sp³-hybridized carbons (Fsp3) is 0.562. The van der Waals surface area contributed by atoms with Crippen molar-refractivity contribution in [2.75, 3.05) is 23.7 Å². The molecule has 1 atom stereocenters. The molecule has 1 aliphatic rings. The predicted octanol–water partition coefficient (Wildman–Crippen LogP) is 3.34. The molecule has 0 saturated carbocycles. The van der Waals surface area contributed by atoms with Gasteiger partial charge in [-0.05, 0) is 42.9 Å². The minimum absolute atomic E-state index is 0.0260. The van der Waals surface area contributed by atoms with Crippen LogP contribution in [0.3, 0.4) is 0 Å². The molecule has 2 N–H and O–H groups in total. The molecule has 3 nitrogen and oxygen atoms in total. The Balaban J connectivity index is 2.16. The highest BCUT2D eigenvalue weighted by Gasteiger charge is 2.31. The molecule has 1 fully saturated rings. The number of hydrogen-bond acceptors (Lipinski definition) is 3. The second-order valence-corrected chi connectivity index (χ2v) is 6.63. The number of nitrogens with two attached hydrogens (primary N) is 1. The van der Waals surface area contributed by atoms with Crippen molar-refractivity contribution in [3.8, 4) is 0 Å². The summed E-state index contributed by atoms with van der Waals surface area (Å²) in [6.07, 6.45) is 1.22. The highest BCUT2D eigenvalue weighted by Crippen LogP contribution is 2.36. The third-order valence-corrected chi connectivity index (χ3v) is 4.19. The van der Waals surface area contributed by atoms with Crippen LogP contribution in [0.4, 0.5) is 11.4 Å². The first kappa shape index (κ1) is 13.9. The van der Waals surface area contributed by atoms with E-state index in [4.69, 9.17) is 5.73 Å². The summed E-state index contributed by atoms with van der Waals surface area (Å²) in [5, 5.41) is 0. The number of nitrogens with zero attached hydrogens (tertiary/aromatic N) is 1. The van der Waals surface area contributed by atoms with Crippen molar-refractivity contribution in [1.82, 2.24) is 0 Å². The molecule has 0 amide bonds. The van der Waals surface area contributed by atoms with Crippen molar-refractivity contribution in [2.24, 2.45) is 11.3 Å².